The van der Waals surface area contributed by atoms with Crippen molar-refractivity contribution >= 4 is 12.2 Å². The fraction of sp³-hybridized carbons (Fsp3) is 0.778. The van der Waals surface area contributed by atoms with Gasteiger partial charge < -0.3 is 0 Å². The lowest BCUT2D eigenvalue weighted by molar-refractivity contribution is 0.132. The average Bonchev–Trinajstić information content (AvgIpc) is 2.62. The largest absolute Gasteiger partial charge is 0.326 e. The Balaban J connectivity index is 2.10. The molecule has 0 amide bonds. The fourth-order valence-electron chi connectivity index (χ4n) is 4.81. The molecule has 1 aromatic heterocycles. The summed E-state index contributed by atoms with van der Waals surface area (Å²) in [7, 11) is 0. The maximum Gasteiger partial charge on any atom is 0.326 e. The Morgan fingerprint density at radius 3 is 2.64 bits per heavy atom. The second-order valence-electron chi connectivity index (χ2n) is 8.18. The number of fused-ring (bicyclic) bond motifs is 1. The maximum absolute atomic E-state index is 12.7. The zero-order chi connectivity index (χ0) is 15.9. The van der Waals surface area contributed by atoms with Gasteiger partial charge in [-0.15, -0.1) is 0 Å². The lowest BCUT2D eigenvalue weighted by Crippen LogP contribution is -2.37. The van der Waals surface area contributed by atoms with Crippen LogP contribution in [0.5, 0.6) is 0 Å². The molecule has 22 heavy (non-hydrogen) atoms. The Morgan fingerprint density at radius 2 is 1.91 bits per heavy atom. The van der Waals surface area contributed by atoms with E-state index >= 15 is 0 Å². The summed E-state index contributed by atoms with van der Waals surface area (Å²) in [6.07, 6.45) is 9.10. The molecule has 2 unspecified atom stereocenters. The summed E-state index contributed by atoms with van der Waals surface area (Å²) in [6.45, 7) is 7.00. The third-order valence-electron chi connectivity index (χ3n) is 5.42. The van der Waals surface area contributed by atoms with Crippen molar-refractivity contribution in [3.8, 4) is 0 Å². The zero-order valence-corrected chi connectivity index (χ0v) is 14.9. The molecule has 1 saturated carbocycles. The van der Waals surface area contributed by atoms with E-state index in [1.807, 2.05) is 0 Å². The maximum atomic E-state index is 12.7. The van der Waals surface area contributed by atoms with E-state index in [9.17, 15) is 4.79 Å². The van der Waals surface area contributed by atoms with E-state index in [1.54, 1.807) is 0 Å². The van der Waals surface area contributed by atoms with Gasteiger partial charge in [0.2, 0.25) is 0 Å². The first-order valence-corrected chi connectivity index (χ1v) is 9.15. The summed E-state index contributed by atoms with van der Waals surface area (Å²) >= 11 is 5.45. The zero-order valence-electron chi connectivity index (χ0n) is 14.1. The first-order chi connectivity index (χ1) is 10.4. The van der Waals surface area contributed by atoms with Crippen LogP contribution < -0.4 is 5.69 Å². The van der Waals surface area contributed by atoms with Crippen molar-refractivity contribution in [1.29, 1.82) is 0 Å². The number of hydrogen-bond donors (Lipinski definition) is 1. The Labute approximate surface area is 138 Å². The summed E-state index contributed by atoms with van der Waals surface area (Å²) in [4.78, 5) is 15.6. The Kier molecular flexibility index (Phi) is 4.32. The van der Waals surface area contributed by atoms with Crippen LogP contribution in [0.25, 0.3) is 0 Å². The van der Waals surface area contributed by atoms with Crippen LogP contribution in [-0.2, 0) is 12.8 Å². The van der Waals surface area contributed by atoms with Gasteiger partial charge in [-0.25, -0.2) is 4.79 Å². The summed E-state index contributed by atoms with van der Waals surface area (Å²) in [5, 5.41) is 0. The Hall–Kier alpha value is -0.900. The summed E-state index contributed by atoms with van der Waals surface area (Å²) < 4.78 is 2.77. The van der Waals surface area contributed by atoms with Gasteiger partial charge in [0.25, 0.3) is 0 Å². The number of nitrogens with zero attached hydrogens (tertiary/aromatic N) is 1. The first-order valence-electron chi connectivity index (χ1n) is 8.74. The van der Waals surface area contributed by atoms with Gasteiger partial charge in [-0.1, -0.05) is 39.4 Å². The molecule has 122 valence electrons. The predicted molar refractivity (Wildman–Crippen MR) is 93.0 cm³/mol. The molecule has 1 heterocycles. The fourth-order valence-corrected chi connectivity index (χ4v) is 5.12. The molecule has 1 aromatic rings. The summed E-state index contributed by atoms with van der Waals surface area (Å²) in [5.41, 5.74) is 2.80. The van der Waals surface area contributed by atoms with Gasteiger partial charge in [-0.3, -0.25) is 9.55 Å². The van der Waals surface area contributed by atoms with Gasteiger partial charge in [0, 0.05) is 17.3 Å². The van der Waals surface area contributed by atoms with Crippen molar-refractivity contribution in [2.45, 2.75) is 78.2 Å². The molecule has 3 nitrogen and oxygen atoms in total. The minimum absolute atomic E-state index is 0.0144. The van der Waals surface area contributed by atoms with E-state index in [-0.39, 0.29) is 5.69 Å². The second kappa shape index (κ2) is 5.95. The van der Waals surface area contributed by atoms with Crippen LogP contribution in [0.15, 0.2) is 4.79 Å². The van der Waals surface area contributed by atoms with Gasteiger partial charge in [-0.2, -0.15) is 0 Å². The van der Waals surface area contributed by atoms with Crippen LogP contribution in [0.3, 0.4) is 0 Å². The highest BCUT2D eigenvalue weighted by atomic mass is 32.1. The van der Waals surface area contributed by atoms with Crippen LogP contribution in [0.4, 0.5) is 0 Å². The monoisotopic (exact) mass is 320 g/mol. The quantitative estimate of drug-likeness (QED) is 0.608. The van der Waals surface area contributed by atoms with E-state index in [0.29, 0.717) is 22.0 Å². The standard InChI is InChI=1S/C18H28N2OS/c1-12-9-13(11-18(2,3)10-12)20-15-8-6-4-5-7-14(15)16(22)19-17(20)21/h12-13H,4-11H2,1-3H3,(H,19,21,22). The lowest BCUT2D eigenvalue weighted by Gasteiger charge is -2.40. The molecule has 0 aromatic carbocycles. The van der Waals surface area contributed by atoms with Gasteiger partial charge in [-0.05, 0) is 56.3 Å². The van der Waals surface area contributed by atoms with E-state index in [2.05, 4.69) is 30.3 Å². The number of aromatic amines is 1. The summed E-state index contributed by atoms with van der Waals surface area (Å²) in [5.74, 6) is 0.672. The number of nitrogens with one attached hydrogen (secondary N) is 1. The second-order valence-corrected chi connectivity index (χ2v) is 8.59. The number of H-pyrrole nitrogens is 1. The minimum atomic E-state index is 0.0144. The van der Waals surface area contributed by atoms with Gasteiger partial charge in [0.05, 0.1) is 0 Å². The molecule has 0 spiro atoms. The SMILES string of the molecule is CC1CC(n2c3c(c(=S)[nH]c2=O)CCCCC3)CC(C)(C)C1. The minimum Gasteiger partial charge on any atom is -0.298 e. The molecule has 2 atom stereocenters. The highest BCUT2D eigenvalue weighted by Gasteiger charge is 2.34. The van der Waals surface area contributed by atoms with Crippen LogP contribution in [0.1, 0.15) is 76.6 Å². The van der Waals surface area contributed by atoms with E-state index < -0.39 is 0 Å². The van der Waals surface area contributed by atoms with Crippen LogP contribution in [-0.4, -0.2) is 9.55 Å². The molecule has 1 N–H and O–H groups in total. The molecule has 0 radical (unpaired) electrons. The molecule has 2 aliphatic carbocycles. The van der Waals surface area contributed by atoms with Crippen molar-refractivity contribution in [3.05, 3.63) is 26.4 Å². The number of aromatic nitrogens is 2. The molecule has 1 fully saturated rings. The normalized spacial score (nSPS) is 28.0. The van der Waals surface area contributed by atoms with Crippen LogP contribution >= 0.6 is 12.2 Å². The van der Waals surface area contributed by atoms with Gasteiger partial charge in [0.1, 0.15) is 4.64 Å². The van der Waals surface area contributed by atoms with Crippen LogP contribution in [0, 0.1) is 16.0 Å². The third kappa shape index (κ3) is 3.08. The third-order valence-corrected chi connectivity index (χ3v) is 5.77. The van der Waals surface area contributed by atoms with Crippen molar-refractivity contribution < 1.29 is 0 Å². The molecule has 0 aliphatic heterocycles. The van der Waals surface area contributed by atoms with E-state index in [4.69, 9.17) is 12.2 Å². The van der Waals surface area contributed by atoms with Gasteiger partial charge >= 0.3 is 5.69 Å². The van der Waals surface area contributed by atoms with Crippen molar-refractivity contribution in [2.24, 2.45) is 11.3 Å². The molecule has 0 bridgehead atoms. The molecule has 3 rings (SSSR count). The number of hydrogen-bond acceptors (Lipinski definition) is 2. The Bertz CT molecular complexity index is 671. The molecular weight excluding hydrogens is 292 g/mol. The van der Waals surface area contributed by atoms with Gasteiger partial charge in [0.15, 0.2) is 0 Å². The van der Waals surface area contributed by atoms with Crippen molar-refractivity contribution in [3.63, 3.8) is 0 Å². The molecule has 4 heteroatoms. The molecular formula is C18H28N2OS. The topological polar surface area (TPSA) is 37.8 Å². The van der Waals surface area contributed by atoms with E-state index in [1.165, 1.54) is 36.9 Å². The number of rotatable bonds is 1. The summed E-state index contributed by atoms with van der Waals surface area (Å²) in [6, 6.07) is 0.324. The molecule has 0 saturated heterocycles. The van der Waals surface area contributed by atoms with Crippen molar-refractivity contribution in [2.75, 3.05) is 0 Å². The highest BCUT2D eigenvalue weighted by Crippen LogP contribution is 2.44. The smallest absolute Gasteiger partial charge is 0.298 e. The predicted octanol–water partition coefficient (Wildman–Crippen LogP) is 4.56. The van der Waals surface area contributed by atoms with Crippen molar-refractivity contribution in [1.82, 2.24) is 9.55 Å². The average molecular weight is 321 g/mol. The Morgan fingerprint density at radius 1 is 1.18 bits per heavy atom. The highest BCUT2D eigenvalue weighted by molar-refractivity contribution is 7.71. The molecule has 2 aliphatic rings. The lowest BCUT2D eigenvalue weighted by atomic mass is 9.70. The van der Waals surface area contributed by atoms with E-state index in [0.717, 1.165) is 25.7 Å². The first kappa shape index (κ1) is 16.0. The van der Waals surface area contributed by atoms with Crippen LogP contribution in [0.2, 0.25) is 0 Å².